The predicted molar refractivity (Wildman–Crippen MR) is 145 cm³/mol. The van der Waals surface area contributed by atoms with Crippen molar-refractivity contribution in [2.24, 2.45) is 5.92 Å². The first-order valence-electron chi connectivity index (χ1n) is 13.1. The van der Waals surface area contributed by atoms with Gasteiger partial charge in [-0.1, -0.05) is 65.3 Å². The molecule has 0 aliphatic carbocycles. The summed E-state index contributed by atoms with van der Waals surface area (Å²) in [5.74, 6) is 1.33. The number of fused-ring (bicyclic) bond motifs is 3. The largest absolute Gasteiger partial charge is 0.454 e. The van der Waals surface area contributed by atoms with E-state index in [1.165, 1.54) is 0 Å². The molecule has 7 rings (SSSR count). The Morgan fingerprint density at radius 2 is 1.68 bits per heavy atom. The fraction of sp³-hybridized carbons (Fsp3) is 0.300. The lowest BCUT2D eigenvalue weighted by molar-refractivity contribution is -0.958. The van der Waals surface area contributed by atoms with Gasteiger partial charge in [-0.25, -0.2) is 4.79 Å². The minimum atomic E-state index is -0.619. The van der Waals surface area contributed by atoms with Crippen molar-refractivity contribution in [2.75, 3.05) is 25.0 Å². The number of nitrogens with zero attached hydrogens (tertiary/aromatic N) is 3. The van der Waals surface area contributed by atoms with E-state index in [9.17, 15) is 4.79 Å². The SMILES string of the molecule is O=C(O[C@H]1C[N+]2(Cc3noc(-c4ccccc4)n3)CCC1CC2)C(Nc1ccc(Cl)cc1)c1ccccc1. The molecule has 3 aromatic carbocycles. The first kappa shape index (κ1) is 24.6. The molecule has 1 N–H and O–H groups in total. The number of piperidine rings is 3. The van der Waals surface area contributed by atoms with Crippen molar-refractivity contribution < 1.29 is 18.5 Å². The average molecular weight is 530 g/mol. The highest BCUT2D eigenvalue weighted by molar-refractivity contribution is 6.30. The number of quaternary nitrogens is 1. The molecular weight excluding hydrogens is 500 g/mol. The maximum Gasteiger partial charge on any atom is 0.333 e. The second kappa shape index (κ2) is 10.6. The zero-order valence-electron chi connectivity index (χ0n) is 21.0. The van der Waals surface area contributed by atoms with E-state index in [2.05, 4.69) is 15.5 Å². The Bertz CT molecular complexity index is 1370. The first-order valence-corrected chi connectivity index (χ1v) is 13.5. The van der Waals surface area contributed by atoms with E-state index in [4.69, 9.17) is 20.9 Å². The third-order valence-electron chi connectivity index (χ3n) is 7.80. The van der Waals surface area contributed by atoms with Gasteiger partial charge >= 0.3 is 5.97 Å². The molecule has 0 saturated carbocycles. The Kier molecular flexibility index (Phi) is 6.87. The molecule has 3 aliphatic heterocycles. The number of carbonyl (C=O) groups excluding carboxylic acids is 1. The molecule has 4 aromatic rings. The summed E-state index contributed by atoms with van der Waals surface area (Å²) in [6.45, 7) is 3.48. The molecule has 1 aromatic heterocycles. The van der Waals surface area contributed by atoms with Gasteiger partial charge in [-0.15, -0.1) is 0 Å². The van der Waals surface area contributed by atoms with E-state index in [1.54, 1.807) is 12.1 Å². The number of rotatable bonds is 8. The molecule has 4 heterocycles. The van der Waals surface area contributed by atoms with Crippen LogP contribution in [0.25, 0.3) is 11.5 Å². The van der Waals surface area contributed by atoms with E-state index in [1.807, 2.05) is 72.8 Å². The van der Waals surface area contributed by atoms with Crippen molar-refractivity contribution in [3.05, 3.63) is 101 Å². The van der Waals surface area contributed by atoms with Gasteiger partial charge in [0, 0.05) is 35.0 Å². The molecule has 8 heteroatoms. The van der Waals surface area contributed by atoms with Gasteiger partial charge in [0.1, 0.15) is 13.1 Å². The number of aromatic nitrogens is 2. The van der Waals surface area contributed by atoms with Gasteiger partial charge in [0.05, 0.1) is 13.1 Å². The summed E-state index contributed by atoms with van der Waals surface area (Å²) in [6.07, 6.45) is 1.88. The quantitative estimate of drug-likeness (QED) is 0.226. The van der Waals surface area contributed by atoms with Crippen molar-refractivity contribution in [3.63, 3.8) is 0 Å². The summed E-state index contributed by atoms with van der Waals surface area (Å²) < 4.78 is 12.6. The van der Waals surface area contributed by atoms with Gasteiger partial charge in [0.15, 0.2) is 12.1 Å². The molecule has 0 radical (unpaired) electrons. The highest BCUT2D eigenvalue weighted by Gasteiger charge is 2.48. The molecule has 3 saturated heterocycles. The van der Waals surface area contributed by atoms with Crippen LogP contribution in [0.3, 0.4) is 0 Å². The Hall–Kier alpha value is -3.68. The van der Waals surface area contributed by atoms with Gasteiger partial charge < -0.3 is 19.1 Å². The minimum Gasteiger partial charge on any atom is -0.454 e. The monoisotopic (exact) mass is 529 g/mol. The Balaban J connectivity index is 1.17. The lowest BCUT2D eigenvalue weighted by atomic mass is 9.83. The molecule has 194 valence electrons. The topological polar surface area (TPSA) is 77.2 Å². The van der Waals surface area contributed by atoms with Crippen LogP contribution in [0.4, 0.5) is 5.69 Å². The van der Waals surface area contributed by atoms with Crippen LogP contribution in [0.1, 0.15) is 30.3 Å². The first-order chi connectivity index (χ1) is 18.6. The standard InChI is InChI=1S/C30H30ClN4O3/c31-24-11-13-25(14-12-24)32-28(22-7-3-1-4-8-22)30(36)37-26-19-35(17-15-21(26)16-18-35)20-27-33-29(38-34-27)23-9-5-2-6-10-23/h1-14,21,26,28,32H,15-20H2/q+1/t21?,26-,28?,35?/m0/s1. The number of halogens is 1. The van der Waals surface area contributed by atoms with Gasteiger partial charge in [-0.05, 0) is 42.0 Å². The number of nitrogens with one attached hydrogen (secondary N) is 1. The molecule has 2 bridgehead atoms. The van der Waals surface area contributed by atoms with Crippen LogP contribution in [0.2, 0.25) is 5.02 Å². The third kappa shape index (κ3) is 5.30. The number of anilines is 1. The molecule has 0 amide bonds. The molecule has 3 fully saturated rings. The number of ether oxygens (including phenoxy) is 1. The normalized spacial score (nSPS) is 23.1. The number of hydrogen-bond acceptors (Lipinski definition) is 6. The van der Waals surface area contributed by atoms with Crippen LogP contribution in [-0.2, 0) is 16.1 Å². The molecule has 2 atom stereocenters. The second-order valence-corrected chi connectivity index (χ2v) is 10.8. The minimum absolute atomic E-state index is 0.149. The summed E-state index contributed by atoms with van der Waals surface area (Å²) in [5, 5.41) is 8.27. The lowest BCUT2D eigenvalue weighted by Crippen LogP contribution is -2.64. The maximum atomic E-state index is 13.6. The molecule has 3 aliphatic rings. The van der Waals surface area contributed by atoms with Crippen molar-refractivity contribution in [1.82, 2.24) is 10.1 Å². The van der Waals surface area contributed by atoms with Gasteiger partial charge in [0.2, 0.25) is 5.82 Å². The van der Waals surface area contributed by atoms with E-state index in [0.717, 1.165) is 53.8 Å². The Morgan fingerprint density at radius 3 is 2.39 bits per heavy atom. The zero-order chi connectivity index (χ0) is 26.0. The molecular formula is C30H30ClN4O3+. The molecule has 0 spiro atoms. The van der Waals surface area contributed by atoms with Crippen molar-refractivity contribution in [2.45, 2.75) is 31.5 Å². The van der Waals surface area contributed by atoms with Gasteiger partial charge in [-0.2, -0.15) is 4.98 Å². The zero-order valence-corrected chi connectivity index (χ0v) is 21.8. The maximum absolute atomic E-state index is 13.6. The predicted octanol–water partition coefficient (Wildman–Crippen LogP) is 5.90. The second-order valence-electron chi connectivity index (χ2n) is 10.3. The fourth-order valence-electron chi connectivity index (χ4n) is 5.75. The van der Waals surface area contributed by atoms with Crippen molar-refractivity contribution in [3.8, 4) is 11.5 Å². The highest BCUT2D eigenvalue weighted by atomic mass is 35.5. The molecule has 1 unspecified atom stereocenters. The lowest BCUT2D eigenvalue weighted by Gasteiger charge is -2.51. The highest BCUT2D eigenvalue weighted by Crippen LogP contribution is 2.38. The van der Waals surface area contributed by atoms with Crippen molar-refractivity contribution >= 4 is 23.3 Å². The Morgan fingerprint density at radius 1 is 1.00 bits per heavy atom. The summed E-state index contributed by atoms with van der Waals surface area (Å²) in [6, 6.07) is 26.2. The van der Waals surface area contributed by atoms with Crippen LogP contribution in [-0.4, -0.2) is 46.3 Å². The van der Waals surface area contributed by atoms with E-state index >= 15 is 0 Å². The van der Waals surface area contributed by atoms with Crippen LogP contribution in [0.5, 0.6) is 0 Å². The van der Waals surface area contributed by atoms with Gasteiger partial charge in [0.25, 0.3) is 5.89 Å². The number of hydrogen-bond donors (Lipinski definition) is 1. The summed E-state index contributed by atoms with van der Waals surface area (Å²) >= 11 is 6.06. The van der Waals surface area contributed by atoms with Gasteiger partial charge in [-0.3, -0.25) is 0 Å². The van der Waals surface area contributed by atoms with Crippen molar-refractivity contribution in [1.29, 1.82) is 0 Å². The number of carbonyl (C=O) groups is 1. The van der Waals surface area contributed by atoms with Crippen LogP contribution in [0.15, 0.2) is 89.5 Å². The number of esters is 1. The Labute approximate surface area is 227 Å². The van der Waals surface area contributed by atoms with E-state index in [0.29, 0.717) is 29.2 Å². The summed E-state index contributed by atoms with van der Waals surface area (Å²) in [4.78, 5) is 18.3. The van der Waals surface area contributed by atoms with Crippen LogP contribution in [0, 0.1) is 5.92 Å². The average Bonchev–Trinajstić information content (AvgIpc) is 3.42. The van der Waals surface area contributed by atoms with E-state index < -0.39 is 6.04 Å². The van der Waals surface area contributed by atoms with Crippen LogP contribution >= 0.6 is 11.6 Å². The van der Waals surface area contributed by atoms with E-state index in [-0.39, 0.29) is 12.1 Å². The van der Waals surface area contributed by atoms with Crippen LogP contribution < -0.4 is 5.32 Å². The molecule has 38 heavy (non-hydrogen) atoms. The number of benzene rings is 3. The fourth-order valence-corrected chi connectivity index (χ4v) is 5.87. The smallest absolute Gasteiger partial charge is 0.333 e. The third-order valence-corrected chi connectivity index (χ3v) is 8.05. The molecule has 7 nitrogen and oxygen atoms in total. The summed E-state index contributed by atoms with van der Waals surface area (Å²) in [7, 11) is 0. The summed E-state index contributed by atoms with van der Waals surface area (Å²) in [5.41, 5.74) is 2.58.